The second-order valence-corrected chi connectivity index (χ2v) is 0. The van der Waals surface area contributed by atoms with E-state index in [-0.39, 0.29) is 37.2 Å². The van der Waals surface area contributed by atoms with Crippen LogP contribution in [0, 0.1) is 0 Å². The summed E-state index contributed by atoms with van der Waals surface area (Å²) in [6.45, 7) is 0. The summed E-state index contributed by atoms with van der Waals surface area (Å²) in [5.74, 6) is 0. The summed E-state index contributed by atoms with van der Waals surface area (Å²) in [4.78, 5) is 0. The second-order valence-electron chi connectivity index (χ2n) is 0. The van der Waals surface area contributed by atoms with Gasteiger partial charge in [-0.1, -0.05) is 0 Å². The summed E-state index contributed by atoms with van der Waals surface area (Å²) in [6.07, 6.45) is 0. The molecule has 5 heteroatoms. The summed E-state index contributed by atoms with van der Waals surface area (Å²) in [6, 6.07) is 0. The third-order valence-electron chi connectivity index (χ3n) is 0. The van der Waals surface area contributed by atoms with Gasteiger partial charge in [0.05, 0.1) is 0 Å². The third-order valence-corrected chi connectivity index (χ3v) is 0. The van der Waals surface area contributed by atoms with Gasteiger partial charge in [0.15, 0.2) is 0 Å². The van der Waals surface area contributed by atoms with E-state index >= 15 is 0 Å². The smallest absolute Gasteiger partial charge is 4.00 e. The van der Waals surface area contributed by atoms with Crippen LogP contribution in [0.5, 0.6) is 0 Å². The minimum absolute atomic E-state index is 0. The van der Waals surface area contributed by atoms with E-state index in [0.29, 0.717) is 0 Å². The van der Waals surface area contributed by atoms with Crippen LogP contribution in [0.2, 0.25) is 0 Å². The molecule has 0 aliphatic rings. The van der Waals surface area contributed by atoms with Gasteiger partial charge in [0.25, 0.3) is 0 Å². The standard InChI is InChI=1S/GeO.2O.Zr/c1-2;;;/q;2*-2;+4. The molecule has 3 nitrogen and oxygen atoms in total. The van der Waals surface area contributed by atoms with Gasteiger partial charge >= 0.3 is 46.4 Å². The summed E-state index contributed by atoms with van der Waals surface area (Å²) in [7, 11) is 0. The summed E-state index contributed by atoms with van der Waals surface area (Å²) in [5, 5.41) is 0. The molecule has 2 radical (unpaired) electrons. The van der Waals surface area contributed by atoms with E-state index in [1.54, 1.807) is 0 Å². The van der Waals surface area contributed by atoms with Crippen molar-refractivity contribution in [2.75, 3.05) is 0 Å². The van der Waals surface area contributed by atoms with Gasteiger partial charge in [0.1, 0.15) is 0 Å². The molecule has 0 aromatic rings. The van der Waals surface area contributed by atoms with Gasteiger partial charge in [-0.2, -0.15) is 0 Å². The predicted molar refractivity (Wildman–Crippen MR) is 7.81 cm³/mol. The molecule has 0 unspecified atom stereocenters. The van der Waals surface area contributed by atoms with E-state index in [1.807, 2.05) is 0 Å². The van der Waals surface area contributed by atoms with Gasteiger partial charge in [-0.15, -0.1) is 0 Å². The molecule has 0 spiro atoms. The fourth-order valence-corrected chi connectivity index (χ4v) is 0. The van der Waals surface area contributed by atoms with Crippen molar-refractivity contribution < 1.29 is 40.9 Å². The van der Waals surface area contributed by atoms with Crippen molar-refractivity contribution in [1.82, 2.24) is 0 Å². The van der Waals surface area contributed by atoms with Gasteiger partial charge < -0.3 is 11.0 Å². The fraction of sp³-hybridized carbons (Fsp3) is 0. The van der Waals surface area contributed by atoms with Crippen LogP contribution in [0.25, 0.3) is 0 Å². The average molecular weight is 212 g/mol. The maximum atomic E-state index is 8.25. The van der Waals surface area contributed by atoms with E-state index in [0.717, 1.165) is 16.5 Å². The first kappa shape index (κ1) is 35.3. The Labute approximate surface area is 57.3 Å². The topological polar surface area (TPSA) is 74.1 Å². The predicted octanol–water partition coefficient (Wildman–Crippen LogP) is -0.740. The molecule has 0 aromatic carbocycles. The fourth-order valence-electron chi connectivity index (χ4n) is 0. The molecule has 0 amide bonds. The van der Waals surface area contributed by atoms with E-state index in [4.69, 9.17) is 3.78 Å². The Morgan fingerprint density at radius 2 is 1.00 bits per heavy atom. The van der Waals surface area contributed by atoms with Crippen molar-refractivity contribution >= 4 is 16.5 Å². The van der Waals surface area contributed by atoms with Crippen molar-refractivity contribution in [1.29, 1.82) is 0 Å². The first-order valence-electron chi connectivity index (χ1n) is 0.204. The molecule has 0 aliphatic carbocycles. The Morgan fingerprint density at radius 3 is 1.00 bits per heavy atom. The molecule has 0 saturated heterocycles. The molecule has 0 aromatic heterocycles. The molecular weight excluding hydrogens is 212 g/mol. The van der Waals surface area contributed by atoms with Gasteiger partial charge in [-0.25, -0.2) is 0 Å². The van der Waals surface area contributed by atoms with Crippen LogP contribution in [0.1, 0.15) is 0 Å². The van der Waals surface area contributed by atoms with E-state index in [9.17, 15) is 0 Å². The summed E-state index contributed by atoms with van der Waals surface area (Å²) in [5.41, 5.74) is 0. The molecule has 0 rings (SSSR count). The maximum Gasteiger partial charge on any atom is 4.00 e. The Morgan fingerprint density at radius 1 is 1.00 bits per heavy atom. The van der Waals surface area contributed by atoms with Crippen molar-refractivity contribution in [2.24, 2.45) is 0 Å². The van der Waals surface area contributed by atoms with Crippen LogP contribution in [-0.4, -0.2) is 16.5 Å². The van der Waals surface area contributed by atoms with Crippen LogP contribution in [0.3, 0.4) is 0 Å². The van der Waals surface area contributed by atoms with Crippen LogP contribution >= 0.6 is 0 Å². The Balaban J connectivity index is -0.00000000167. The monoisotopic (exact) mass is 212 g/mol. The molecule has 0 atom stereocenters. The number of hydrogen-bond acceptors (Lipinski definition) is 1. The first-order valence-corrected chi connectivity index (χ1v) is 1.06. The molecule has 26 valence electrons. The molecule has 0 bridgehead atoms. The van der Waals surface area contributed by atoms with Crippen molar-refractivity contribution in [2.45, 2.75) is 0 Å². The first-order chi connectivity index (χ1) is 1.00. The van der Waals surface area contributed by atoms with Crippen LogP contribution in [0.15, 0.2) is 0 Å². The summed E-state index contributed by atoms with van der Waals surface area (Å²) >= 11 is 0.750. The van der Waals surface area contributed by atoms with Gasteiger partial charge in [-0.05, 0) is 0 Å². The van der Waals surface area contributed by atoms with Crippen LogP contribution in [0.4, 0.5) is 0 Å². The summed E-state index contributed by atoms with van der Waals surface area (Å²) < 4.78 is 8.25. The Kier molecular flexibility index (Phi) is 476. The minimum Gasteiger partial charge on any atom is 4.00 e. The maximum absolute atomic E-state index is 8.25. The normalized spacial score (nSPS) is 0.800. The van der Waals surface area contributed by atoms with Crippen molar-refractivity contribution in [3.63, 3.8) is 0 Å². The Hall–Kier alpha value is 1.15. The zero-order valence-electron chi connectivity index (χ0n) is 2.22. The van der Waals surface area contributed by atoms with E-state index < -0.39 is 0 Å². The largest absolute Gasteiger partial charge is 4.00 e. The molecule has 0 N–H and O–H groups in total. The zero-order valence-corrected chi connectivity index (χ0v) is 6.78. The van der Waals surface area contributed by atoms with Crippen LogP contribution in [-0.2, 0) is 40.9 Å². The quantitative estimate of drug-likeness (QED) is 0.487. The number of rotatable bonds is 0. The van der Waals surface area contributed by atoms with Gasteiger partial charge in [0.2, 0.25) is 0 Å². The molecule has 5 heavy (non-hydrogen) atoms. The van der Waals surface area contributed by atoms with Gasteiger partial charge in [0, 0.05) is 0 Å². The number of hydrogen-bond donors (Lipinski definition) is 0. The average Bonchev–Trinajstić information content (AvgIpc) is 1.00. The Bertz CT molecular complexity index is 6.85. The second kappa shape index (κ2) is 67.4. The molecule has 0 aliphatic heterocycles. The van der Waals surface area contributed by atoms with Crippen molar-refractivity contribution in [3.05, 3.63) is 0 Å². The van der Waals surface area contributed by atoms with E-state index in [2.05, 4.69) is 0 Å². The molecule has 0 saturated carbocycles. The SMILES string of the molecule is [O-2].[O-2].[O]=[Ge].[Zr+4]. The molecule has 0 fully saturated rings. The van der Waals surface area contributed by atoms with Crippen molar-refractivity contribution in [3.8, 4) is 0 Å². The molecular formula is GeO3Zr. The van der Waals surface area contributed by atoms with E-state index in [1.165, 1.54) is 0 Å². The minimum atomic E-state index is 0. The van der Waals surface area contributed by atoms with Gasteiger partial charge in [-0.3, -0.25) is 0 Å². The van der Waals surface area contributed by atoms with Crippen LogP contribution < -0.4 is 0 Å². The zero-order chi connectivity index (χ0) is 2.00. The third kappa shape index (κ3) is 38.8. The molecule has 0 heterocycles.